The van der Waals surface area contributed by atoms with Gasteiger partial charge in [-0.15, -0.1) is 23.1 Å². The summed E-state index contributed by atoms with van der Waals surface area (Å²) < 4.78 is 44.6. The predicted octanol–water partition coefficient (Wildman–Crippen LogP) is 4.34. The van der Waals surface area contributed by atoms with Crippen LogP contribution < -0.4 is 0 Å². The lowest BCUT2D eigenvalue weighted by Crippen LogP contribution is -2.32. The molecule has 0 saturated carbocycles. The molecule has 0 saturated heterocycles. The third kappa shape index (κ3) is 3.32. The fraction of sp³-hybridized carbons (Fsp3) is 0.571. The number of carbonyl (C=O) groups excluding carboxylic acids is 2. The number of carbonyl (C=O) groups is 2. The molecule has 0 amide bonds. The van der Waals surface area contributed by atoms with Gasteiger partial charge in [0.25, 0.3) is 0 Å². The van der Waals surface area contributed by atoms with Crippen molar-refractivity contribution in [3.05, 3.63) is 16.0 Å². The molecule has 1 aliphatic rings. The van der Waals surface area contributed by atoms with E-state index < -0.39 is 30.3 Å². The van der Waals surface area contributed by atoms with Crippen LogP contribution in [0.3, 0.4) is 0 Å². The van der Waals surface area contributed by atoms with Gasteiger partial charge in [-0.2, -0.15) is 13.2 Å². The Labute approximate surface area is 134 Å². The molecule has 0 bridgehead atoms. The van der Waals surface area contributed by atoms with E-state index in [0.29, 0.717) is 4.21 Å². The van der Waals surface area contributed by atoms with Crippen LogP contribution in [0.4, 0.5) is 13.2 Å². The molecule has 1 aliphatic carbocycles. The van der Waals surface area contributed by atoms with E-state index in [1.165, 1.54) is 11.8 Å². The Balaban J connectivity index is 2.47. The lowest BCUT2D eigenvalue weighted by Gasteiger charge is -2.24. The molecular weight excluding hydrogens is 337 g/mol. The molecule has 8 heteroatoms. The van der Waals surface area contributed by atoms with Crippen molar-refractivity contribution in [3.63, 3.8) is 0 Å². The van der Waals surface area contributed by atoms with Crippen LogP contribution in [0.2, 0.25) is 0 Å². The number of hydrogen-bond acceptors (Lipinski definition) is 5. The third-order valence-electron chi connectivity index (χ3n) is 3.31. The van der Waals surface area contributed by atoms with Crippen LogP contribution in [0.15, 0.2) is 4.21 Å². The highest BCUT2D eigenvalue weighted by molar-refractivity contribution is 8.00. The molecule has 1 heterocycles. The third-order valence-corrected chi connectivity index (χ3v) is 5.64. The molecule has 22 heavy (non-hydrogen) atoms. The lowest BCUT2D eigenvalue weighted by molar-refractivity contribution is -0.174. The van der Waals surface area contributed by atoms with Crippen molar-refractivity contribution in [2.24, 2.45) is 5.92 Å². The van der Waals surface area contributed by atoms with E-state index in [-0.39, 0.29) is 28.5 Å². The van der Waals surface area contributed by atoms with Crippen molar-refractivity contribution in [1.29, 1.82) is 0 Å². The van der Waals surface area contributed by atoms with Gasteiger partial charge in [0.2, 0.25) is 0 Å². The van der Waals surface area contributed by atoms with Gasteiger partial charge in [0.05, 0.1) is 16.2 Å². The van der Waals surface area contributed by atoms with E-state index in [2.05, 4.69) is 0 Å². The van der Waals surface area contributed by atoms with Crippen molar-refractivity contribution in [2.45, 2.75) is 43.2 Å². The predicted molar refractivity (Wildman–Crippen MR) is 78.8 cm³/mol. The maximum absolute atomic E-state index is 13.0. The fourth-order valence-electron chi connectivity index (χ4n) is 2.37. The largest absolute Gasteiger partial charge is 0.459 e. The molecule has 0 spiro atoms. The first kappa shape index (κ1) is 17.3. The summed E-state index contributed by atoms with van der Waals surface area (Å²) in [5.41, 5.74) is 0.465. The SMILES string of the molecule is CSc1sc(C(=O)OC(C)C)c2c1C(=O)CC(C(F)(F)F)C2. The first-order chi connectivity index (χ1) is 10.1. The number of rotatable bonds is 3. The van der Waals surface area contributed by atoms with Crippen molar-refractivity contribution < 1.29 is 27.5 Å². The number of thiophene rings is 1. The molecule has 1 unspecified atom stereocenters. The van der Waals surface area contributed by atoms with Gasteiger partial charge in [0.15, 0.2) is 5.78 Å². The van der Waals surface area contributed by atoms with Crippen molar-refractivity contribution in [1.82, 2.24) is 0 Å². The van der Waals surface area contributed by atoms with Gasteiger partial charge in [0.1, 0.15) is 4.88 Å². The summed E-state index contributed by atoms with van der Waals surface area (Å²) in [6, 6.07) is 0. The van der Waals surface area contributed by atoms with E-state index >= 15 is 0 Å². The highest BCUT2D eigenvalue weighted by Crippen LogP contribution is 2.44. The van der Waals surface area contributed by atoms with Crippen molar-refractivity contribution >= 4 is 34.9 Å². The van der Waals surface area contributed by atoms with E-state index in [1.807, 2.05) is 0 Å². The number of ether oxygens (including phenoxy) is 1. The average molecular weight is 352 g/mol. The zero-order valence-electron chi connectivity index (χ0n) is 12.2. The molecule has 0 radical (unpaired) electrons. The number of esters is 1. The highest BCUT2D eigenvalue weighted by atomic mass is 32.2. The van der Waals surface area contributed by atoms with Crippen LogP contribution in [0.25, 0.3) is 0 Å². The van der Waals surface area contributed by atoms with E-state index in [9.17, 15) is 22.8 Å². The molecule has 3 nitrogen and oxygen atoms in total. The molecule has 1 aromatic rings. The minimum absolute atomic E-state index is 0.121. The topological polar surface area (TPSA) is 43.4 Å². The smallest absolute Gasteiger partial charge is 0.392 e. The summed E-state index contributed by atoms with van der Waals surface area (Å²) in [4.78, 5) is 24.3. The minimum Gasteiger partial charge on any atom is -0.459 e. The molecule has 2 rings (SSSR count). The zero-order valence-corrected chi connectivity index (χ0v) is 13.9. The Morgan fingerprint density at radius 3 is 2.50 bits per heavy atom. The van der Waals surface area contributed by atoms with E-state index in [1.54, 1.807) is 20.1 Å². The van der Waals surface area contributed by atoms with Crippen LogP contribution >= 0.6 is 23.1 Å². The van der Waals surface area contributed by atoms with Crippen LogP contribution in [0.1, 0.15) is 45.9 Å². The molecule has 1 aromatic heterocycles. The van der Waals surface area contributed by atoms with Gasteiger partial charge in [-0.1, -0.05) is 0 Å². The summed E-state index contributed by atoms with van der Waals surface area (Å²) in [5.74, 6) is -2.94. The van der Waals surface area contributed by atoms with Crippen LogP contribution in [0, 0.1) is 5.92 Å². The fourth-order valence-corrected chi connectivity index (χ4v) is 4.36. The second kappa shape index (κ2) is 6.23. The second-order valence-corrected chi connectivity index (χ2v) is 7.40. The standard InChI is InChI=1S/C14H15F3O3S2/c1-6(2)20-12(19)11-8-4-7(14(15,16)17)5-9(18)10(8)13(21-3)22-11/h6-7H,4-5H2,1-3H3. The maximum Gasteiger partial charge on any atom is 0.392 e. The van der Waals surface area contributed by atoms with E-state index in [4.69, 9.17) is 4.74 Å². The molecule has 0 fully saturated rings. The molecule has 0 aromatic carbocycles. The van der Waals surface area contributed by atoms with Crippen LogP contribution in [-0.4, -0.2) is 30.3 Å². The summed E-state index contributed by atoms with van der Waals surface area (Å²) in [6.07, 6.45) is -3.99. The number of Topliss-reactive ketones (excluding diaryl/α,β-unsaturated/α-hetero) is 1. The first-order valence-corrected chi connectivity index (χ1v) is 8.69. The summed E-state index contributed by atoms with van der Waals surface area (Å²) in [6.45, 7) is 3.33. The maximum atomic E-state index is 13.0. The number of thioether (sulfide) groups is 1. The van der Waals surface area contributed by atoms with Gasteiger partial charge in [-0.25, -0.2) is 4.79 Å². The van der Waals surface area contributed by atoms with Gasteiger partial charge in [-0.3, -0.25) is 4.79 Å². The highest BCUT2D eigenvalue weighted by Gasteiger charge is 2.46. The van der Waals surface area contributed by atoms with Gasteiger partial charge in [-0.05, 0) is 32.1 Å². The monoisotopic (exact) mass is 352 g/mol. The zero-order chi connectivity index (χ0) is 16.7. The molecule has 1 atom stereocenters. The van der Waals surface area contributed by atoms with Crippen LogP contribution in [-0.2, 0) is 11.2 Å². The molecule has 0 N–H and O–H groups in total. The summed E-state index contributed by atoms with van der Waals surface area (Å²) in [5, 5.41) is 0. The van der Waals surface area contributed by atoms with Gasteiger partial charge >= 0.3 is 12.1 Å². The van der Waals surface area contributed by atoms with E-state index in [0.717, 1.165) is 11.3 Å². The Hall–Kier alpha value is -1.02. The molecule has 0 aliphatic heterocycles. The quantitative estimate of drug-likeness (QED) is 0.599. The molecular formula is C14H15F3O3S2. The first-order valence-electron chi connectivity index (χ1n) is 6.65. The summed E-state index contributed by atoms with van der Waals surface area (Å²) >= 11 is 2.30. The Morgan fingerprint density at radius 1 is 1.36 bits per heavy atom. The number of alkyl halides is 3. The summed E-state index contributed by atoms with van der Waals surface area (Å²) in [7, 11) is 0. The number of ketones is 1. The Morgan fingerprint density at radius 2 is 2.00 bits per heavy atom. The van der Waals surface area contributed by atoms with Crippen molar-refractivity contribution in [3.8, 4) is 0 Å². The second-order valence-electron chi connectivity index (χ2n) is 5.30. The lowest BCUT2D eigenvalue weighted by atomic mass is 9.83. The normalized spacial score (nSPS) is 18.5. The number of fused-ring (bicyclic) bond motifs is 1. The Kier molecular flexibility index (Phi) is 4.91. The van der Waals surface area contributed by atoms with Gasteiger partial charge < -0.3 is 4.74 Å². The van der Waals surface area contributed by atoms with Gasteiger partial charge in [0, 0.05) is 12.0 Å². The molecule has 122 valence electrons. The average Bonchev–Trinajstić information content (AvgIpc) is 2.76. The van der Waals surface area contributed by atoms with Crippen LogP contribution in [0.5, 0.6) is 0 Å². The minimum atomic E-state index is -4.45. The number of hydrogen-bond donors (Lipinski definition) is 0. The Bertz CT molecular complexity index is 605. The van der Waals surface area contributed by atoms with Crippen molar-refractivity contribution in [2.75, 3.05) is 6.26 Å². The number of halogens is 3.